The summed E-state index contributed by atoms with van der Waals surface area (Å²) in [7, 11) is -1.63. The molecule has 10 nitrogen and oxygen atoms in total. The monoisotopic (exact) mass is 693 g/mol. The number of pyridine rings is 1. The summed E-state index contributed by atoms with van der Waals surface area (Å²) in [5.74, 6) is -0.785. The first-order chi connectivity index (χ1) is 24.0. The van der Waals surface area contributed by atoms with E-state index < -0.39 is 31.5 Å². The molecule has 2 amide bonds. The van der Waals surface area contributed by atoms with Crippen molar-refractivity contribution in [1.29, 1.82) is 0 Å². The van der Waals surface area contributed by atoms with Gasteiger partial charge in [0, 0.05) is 35.5 Å². The van der Waals surface area contributed by atoms with Crippen molar-refractivity contribution in [3.05, 3.63) is 124 Å². The van der Waals surface area contributed by atoms with E-state index in [1.165, 1.54) is 11.7 Å². The molecule has 1 aromatic heterocycles. The van der Waals surface area contributed by atoms with Crippen LogP contribution in [0.3, 0.4) is 0 Å². The molecule has 3 aromatic carbocycles. The van der Waals surface area contributed by atoms with E-state index in [0.717, 1.165) is 16.7 Å². The molecule has 50 heavy (non-hydrogen) atoms. The maximum Gasteiger partial charge on any atom is 0.297 e. The molecule has 1 fully saturated rings. The molecule has 0 aliphatic carbocycles. The number of ether oxygens (including phenoxy) is 2. The summed E-state index contributed by atoms with van der Waals surface area (Å²) in [5.41, 5.74) is 2.52. The van der Waals surface area contributed by atoms with Crippen molar-refractivity contribution in [2.75, 3.05) is 18.6 Å². The summed E-state index contributed by atoms with van der Waals surface area (Å²) in [6, 6.07) is 26.0. The SMILES string of the molecule is COc1cccn(-c2ccc3c(c2)[C@@]2(O[C@H](CC(=O)N4Cc5ccccc5C[C@H]4CO)[C@@H]([Si](C)(C)O)[C@@H]2C)C(=O)N3Cc2ccccc2)c1=O. The van der Waals surface area contributed by atoms with E-state index in [2.05, 4.69) is 0 Å². The van der Waals surface area contributed by atoms with Crippen LogP contribution in [0.2, 0.25) is 18.6 Å². The molecule has 4 heterocycles. The van der Waals surface area contributed by atoms with Gasteiger partial charge in [0.2, 0.25) is 5.91 Å². The number of benzene rings is 3. The van der Waals surface area contributed by atoms with Crippen LogP contribution in [0, 0.1) is 5.92 Å². The molecule has 2 N–H and O–H groups in total. The van der Waals surface area contributed by atoms with Gasteiger partial charge in [0.25, 0.3) is 11.5 Å². The summed E-state index contributed by atoms with van der Waals surface area (Å²) in [6.07, 6.45) is 1.38. The average Bonchev–Trinajstić information content (AvgIpc) is 3.53. The number of nitrogens with zero attached hydrogens (tertiary/aromatic N) is 3. The van der Waals surface area contributed by atoms with Gasteiger partial charge in [-0.3, -0.25) is 19.0 Å². The van der Waals surface area contributed by atoms with Gasteiger partial charge in [-0.2, -0.15) is 0 Å². The van der Waals surface area contributed by atoms with E-state index in [9.17, 15) is 24.3 Å². The minimum absolute atomic E-state index is 0.0528. The quantitative estimate of drug-likeness (QED) is 0.260. The minimum atomic E-state index is -3.08. The van der Waals surface area contributed by atoms with Crippen molar-refractivity contribution in [3.8, 4) is 11.4 Å². The van der Waals surface area contributed by atoms with Crippen LogP contribution in [-0.2, 0) is 39.4 Å². The second-order valence-electron chi connectivity index (χ2n) is 14.2. The molecule has 260 valence electrons. The molecule has 1 saturated heterocycles. The Kier molecular flexibility index (Phi) is 8.80. The van der Waals surface area contributed by atoms with Crippen LogP contribution in [0.4, 0.5) is 5.69 Å². The Hall–Kier alpha value is -4.55. The molecule has 7 rings (SSSR count). The molecular weight excluding hydrogens is 651 g/mol. The van der Waals surface area contributed by atoms with Crippen molar-refractivity contribution in [2.24, 2.45) is 5.92 Å². The first kappa shape index (κ1) is 33.9. The lowest BCUT2D eigenvalue weighted by Crippen LogP contribution is -2.48. The average molecular weight is 694 g/mol. The van der Waals surface area contributed by atoms with E-state index in [-0.39, 0.29) is 42.2 Å². The zero-order valence-corrected chi connectivity index (χ0v) is 29.8. The van der Waals surface area contributed by atoms with E-state index >= 15 is 0 Å². The zero-order chi connectivity index (χ0) is 35.4. The molecule has 0 radical (unpaired) electrons. The highest BCUT2D eigenvalue weighted by Gasteiger charge is 2.66. The lowest BCUT2D eigenvalue weighted by Gasteiger charge is -2.37. The molecule has 0 unspecified atom stereocenters. The molecule has 11 heteroatoms. The standard InChI is InChI=1S/C39H43N3O7Si/c1-25-36(50(3,4)47)34(21-35(44)41-23-28-14-9-8-13-27(28)19-30(41)24-43)49-39(25)31-20-29(40-18-10-15-33(48-2)37(40)45)16-17-32(31)42(38(39)46)22-26-11-6-5-7-12-26/h5-18,20,25,30,34,36,43,47H,19,21-24H2,1-4H3/t25-,30-,34+,36-,39+/m0/s1. The number of aromatic nitrogens is 1. The molecule has 5 atom stereocenters. The predicted octanol–water partition coefficient (Wildman–Crippen LogP) is 4.53. The van der Waals surface area contributed by atoms with Crippen molar-refractivity contribution < 1.29 is 29.0 Å². The third kappa shape index (κ3) is 5.58. The van der Waals surface area contributed by atoms with Crippen LogP contribution in [0.15, 0.2) is 95.9 Å². The van der Waals surface area contributed by atoms with E-state index in [0.29, 0.717) is 36.4 Å². The van der Waals surface area contributed by atoms with E-state index in [4.69, 9.17) is 9.47 Å². The van der Waals surface area contributed by atoms with Crippen LogP contribution in [0.25, 0.3) is 5.69 Å². The van der Waals surface area contributed by atoms with E-state index in [1.54, 1.807) is 34.2 Å². The van der Waals surface area contributed by atoms with Crippen LogP contribution in [0.5, 0.6) is 5.75 Å². The summed E-state index contributed by atoms with van der Waals surface area (Å²) in [6.45, 7) is 6.08. The fourth-order valence-electron chi connectivity index (χ4n) is 8.50. The molecular formula is C39H43N3O7Si. The maximum atomic E-state index is 15.0. The van der Waals surface area contributed by atoms with Crippen LogP contribution >= 0.6 is 0 Å². The Morgan fingerprint density at radius 3 is 2.42 bits per heavy atom. The first-order valence-electron chi connectivity index (χ1n) is 17.1. The summed E-state index contributed by atoms with van der Waals surface area (Å²) in [4.78, 5) is 57.8. The van der Waals surface area contributed by atoms with Gasteiger partial charge in [-0.25, -0.2) is 0 Å². The largest absolute Gasteiger partial charge is 0.491 e. The number of hydrogen-bond donors (Lipinski definition) is 2. The van der Waals surface area contributed by atoms with E-state index in [1.807, 2.05) is 86.7 Å². The van der Waals surface area contributed by atoms with Gasteiger partial charge < -0.3 is 29.2 Å². The van der Waals surface area contributed by atoms with Gasteiger partial charge >= 0.3 is 0 Å². The van der Waals surface area contributed by atoms with Gasteiger partial charge in [-0.1, -0.05) is 61.5 Å². The number of carbonyl (C=O) groups is 2. The minimum Gasteiger partial charge on any atom is -0.491 e. The molecule has 3 aliphatic rings. The summed E-state index contributed by atoms with van der Waals surface area (Å²) in [5, 5.41) is 10.3. The molecule has 4 aromatic rings. The fraction of sp³-hybridized carbons (Fsp3) is 0.359. The Morgan fingerprint density at radius 1 is 1.00 bits per heavy atom. The molecule has 0 saturated carbocycles. The first-order valence-corrected chi connectivity index (χ1v) is 20.1. The van der Waals surface area contributed by atoms with Crippen LogP contribution in [0.1, 0.15) is 35.6 Å². The molecule has 1 spiro atoms. The normalized spacial score (nSPS) is 24.4. The van der Waals surface area contributed by atoms with Crippen molar-refractivity contribution in [1.82, 2.24) is 9.47 Å². The topological polar surface area (TPSA) is 122 Å². The second-order valence-corrected chi connectivity index (χ2v) is 18.2. The lowest BCUT2D eigenvalue weighted by molar-refractivity contribution is -0.151. The number of aliphatic hydroxyl groups excluding tert-OH is 1. The summed E-state index contributed by atoms with van der Waals surface area (Å²) < 4.78 is 13.8. The van der Waals surface area contributed by atoms with Crippen LogP contribution < -0.4 is 15.2 Å². The number of carbonyl (C=O) groups excluding carboxylic acids is 2. The number of fused-ring (bicyclic) bond motifs is 3. The Bertz CT molecular complexity index is 1990. The number of amides is 2. The molecule has 0 bridgehead atoms. The number of methoxy groups -OCH3 is 1. The zero-order valence-electron chi connectivity index (χ0n) is 28.8. The molecule has 3 aliphatic heterocycles. The smallest absolute Gasteiger partial charge is 0.297 e. The fourth-order valence-corrected chi connectivity index (χ4v) is 11.1. The third-order valence-electron chi connectivity index (χ3n) is 10.8. The predicted molar refractivity (Wildman–Crippen MR) is 192 cm³/mol. The third-order valence-corrected chi connectivity index (χ3v) is 13.3. The number of hydrogen-bond acceptors (Lipinski definition) is 7. The number of rotatable bonds is 8. The Balaban J connectivity index is 1.31. The summed E-state index contributed by atoms with van der Waals surface area (Å²) >= 11 is 0. The lowest BCUT2D eigenvalue weighted by atomic mass is 9.82. The number of aliphatic hydroxyl groups is 1. The van der Waals surface area contributed by atoms with Crippen molar-refractivity contribution in [3.63, 3.8) is 0 Å². The van der Waals surface area contributed by atoms with Gasteiger partial charge in [0.1, 0.15) is 0 Å². The van der Waals surface area contributed by atoms with Gasteiger partial charge in [0.05, 0.1) is 44.5 Å². The van der Waals surface area contributed by atoms with Gasteiger partial charge in [0.15, 0.2) is 19.7 Å². The van der Waals surface area contributed by atoms with Crippen molar-refractivity contribution in [2.45, 2.75) is 69.2 Å². The highest BCUT2D eigenvalue weighted by atomic mass is 28.4. The number of anilines is 1. The van der Waals surface area contributed by atoms with Gasteiger partial charge in [-0.05, 0) is 66.5 Å². The maximum absolute atomic E-state index is 15.0. The Labute approximate surface area is 292 Å². The highest BCUT2D eigenvalue weighted by molar-refractivity contribution is 6.71. The Morgan fingerprint density at radius 2 is 1.72 bits per heavy atom. The second kappa shape index (κ2) is 13.0. The van der Waals surface area contributed by atoms with Crippen LogP contribution in [-0.4, -0.2) is 65.4 Å². The van der Waals surface area contributed by atoms with Gasteiger partial charge in [-0.15, -0.1) is 0 Å². The highest BCUT2D eigenvalue weighted by Crippen LogP contribution is 2.60. The van der Waals surface area contributed by atoms with Crippen molar-refractivity contribution >= 4 is 25.8 Å².